The van der Waals surface area contributed by atoms with Crippen LogP contribution in [0.4, 0.5) is 4.79 Å². The van der Waals surface area contributed by atoms with Crippen LogP contribution in [0.25, 0.3) is 11.1 Å². The lowest BCUT2D eigenvalue weighted by molar-refractivity contribution is 0.0436. The highest BCUT2D eigenvalue weighted by Gasteiger charge is 2.27. The Balaban J connectivity index is 1.58. The Morgan fingerprint density at radius 1 is 1.43 bits per heavy atom. The SMILES string of the molecule is CC1CCN(C(=O)NCCn2c(=O)oc3ccccc32)CC1O. The van der Waals surface area contributed by atoms with Crippen molar-refractivity contribution in [3.63, 3.8) is 0 Å². The number of para-hydroxylation sites is 2. The first-order chi connectivity index (χ1) is 11.1. The molecule has 1 aliphatic heterocycles. The average molecular weight is 319 g/mol. The molecule has 1 aromatic carbocycles. The molecule has 7 nitrogen and oxygen atoms in total. The molecular formula is C16H21N3O4. The highest BCUT2D eigenvalue weighted by molar-refractivity contribution is 5.74. The summed E-state index contributed by atoms with van der Waals surface area (Å²) in [6.07, 6.45) is 0.315. The van der Waals surface area contributed by atoms with Crippen LogP contribution in [0.3, 0.4) is 0 Å². The molecule has 0 saturated carbocycles. The Morgan fingerprint density at radius 3 is 3.00 bits per heavy atom. The van der Waals surface area contributed by atoms with Crippen molar-refractivity contribution in [3.05, 3.63) is 34.8 Å². The predicted octanol–water partition coefficient (Wildman–Crippen LogP) is 1.01. The Morgan fingerprint density at radius 2 is 2.22 bits per heavy atom. The first-order valence-electron chi connectivity index (χ1n) is 7.85. The molecule has 7 heteroatoms. The maximum Gasteiger partial charge on any atom is 0.420 e. The number of β-amino-alcohol motifs (C(OH)–C–C–N with tert-alkyl or cyclic N) is 1. The zero-order valence-corrected chi connectivity index (χ0v) is 13.1. The number of fused-ring (bicyclic) bond motifs is 1. The van der Waals surface area contributed by atoms with Gasteiger partial charge < -0.3 is 19.7 Å². The molecule has 2 aromatic rings. The van der Waals surface area contributed by atoms with E-state index in [2.05, 4.69) is 5.32 Å². The van der Waals surface area contributed by atoms with E-state index < -0.39 is 11.9 Å². The van der Waals surface area contributed by atoms with E-state index in [1.807, 2.05) is 19.1 Å². The van der Waals surface area contributed by atoms with Gasteiger partial charge in [0.25, 0.3) is 0 Å². The lowest BCUT2D eigenvalue weighted by atomic mass is 9.96. The summed E-state index contributed by atoms with van der Waals surface area (Å²) >= 11 is 0. The molecular weight excluding hydrogens is 298 g/mol. The van der Waals surface area contributed by atoms with Crippen LogP contribution in [0.1, 0.15) is 13.3 Å². The standard InChI is InChI=1S/C16H21N3O4/c1-11-6-8-18(10-13(11)20)15(21)17-7-9-19-12-4-2-3-5-14(12)23-16(19)22/h2-5,11,13,20H,6-10H2,1H3,(H,17,21). The number of oxazole rings is 1. The maximum atomic E-state index is 12.1. The minimum atomic E-state index is -0.477. The van der Waals surface area contributed by atoms with Gasteiger partial charge in [-0.25, -0.2) is 9.59 Å². The fourth-order valence-corrected chi connectivity index (χ4v) is 2.85. The van der Waals surface area contributed by atoms with E-state index in [4.69, 9.17) is 4.42 Å². The normalized spacial score (nSPS) is 21.6. The van der Waals surface area contributed by atoms with E-state index in [0.717, 1.165) is 6.42 Å². The monoisotopic (exact) mass is 319 g/mol. The summed E-state index contributed by atoms with van der Waals surface area (Å²) in [7, 11) is 0. The second kappa shape index (κ2) is 6.45. The van der Waals surface area contributed by atoms with Gasteiger partial charge in [0.1, 0.15) is 0 Å². The summed E-state index contributed by atoms with van der Waals surface area (Å²) in [6, 6.07) is 6.98. The third-order valence-electron chi connectivity index (χ3n) is 4.39. The molecule has 3 rings (SSSR count). The van der Waals surface area contributed by atoms with Crippen molar-refractivity contribution < 1.29 is 14.3 Å². The summed E-state index contributed by atoms with van der Waals surface area (Å²) in [6.45, 7) is 3.63. The van der Waals surface area contributed by atoms with Gasteiger partial charge in [-0.1, -0.05) is 19.1 Å². The van der Waals surface area contributed by atoms with Gasteiger partial charge in [0.15, 0.2) is 5.58 Å². The Labute approximate surface area is 133 Å². The number of hydrogen-bond donors (Lipinski definition) is 2. The van der Waals surface area contributed by atoms with E-state index in [1.165, 1.54) is 4.57 Å². The van der Waals surface area contributed by atoms with Crippen molar-refractivity contribution in [3.8, 4) is 0 Å². The number of rotatable bonds is 3. The highest BCUT2D eigenvalue weighted by atomic mass is 16.4. The minimum absolute atomic E-state index is 0.211. The van der Waals surface area contributed by atoms with Crippen molar-refractivity contribution >= 4 is 17.1 Å². The number of aromatic nitrogens is 1. The van der Waals surface area contributed by atoms with E-state index in [0.29, 0.717) is 37.3 Å². The number of carbonyl (C=O) groups is 1. The van der Waals surface area contributed by atoms with Crippen molar-refractivity contribution in [1.29, 1.82) is 0 Å². The van der Waals surface area contributed by atoms with Gasteiger partial charge in [-0.3, -0.25) is 4.57 Å². The van der Waals surface area contributed by atoms with Crippen LogP contribution in [-0.4, -0.2) is 46.3 Å². The van der Waals surface area contributed by atoms with Crippen LogP contribution in [0.2, 0.25) is 0 Å². The van der Waals surface area contributed by atoms with E-state index in [-0.39, 0.29) is 11.9 Å². The summed E-state index contributed by atoms with van der Waals surface area (Å²) < 4.78 is 6.65. The number of piperidine rings is 1. The molecule has 0 bridgehead atoms. The van der Waals surface area contributed by atoms with E-state index in [9.17, 15) is 14.7 Å². The van der Waals surface area contributed by atoms with Crippen molar-refractivity contribution in [1.82, 2.24) is 14.8 Å². The van der Waals surface area contributed by atoms with Gasteiger partial charge in [0.05, 0.1) is 11.6 Å². The molecule has 0 radical (unpaired) electrons. The summed E-state index contributed by atoms with van der Waals surface area (Å²) in [5.74, 6) is -0.211. The number of amides is 2. The molecule has 1 aliphatic rings. The number of aliphatic hydroxyl groups excluding tert-OH is 1. The molecule has 2 amide bonds. The van der Waals surface area contributed by atoms with Crippen LogP contribution >= 0.6 is 0 Å². The second-order valence-electron chi connectivity index (χ2n) is 6.00. The Hall–Kier alpha value is -2.28. The number of hydrogen-bond acceptors (Lipinski definition) is 4. The topological polar surface area (TPSA) is 87.7 Å². The van der Waals surface area contributed by atoms with Crippen LogP contribution in [-0.2, 0) is 6.54 Å². The number of urea groups is 1. The molecule has 2 unspecified atom stereocenters. The van der Waals surface area contributed by atoms with Gasteiger partial charge in [-0.15, -0.1) is 0 Å². The molecule has 0 spiro atoms. The number of nitrogens with one attached hydrogen (secondary N) is 1. The molecule has 2 atom stereocenters. The molecule has 1 fully saturated rings. The maximum absolute atomic E-state index is 12.1. The third-order valence-corrected chi connectivity index (χ3v) is 4.39. The molecule has 1 saturated heterocycles. The smallest absolute Gasteiger partial charge is 0.408 e. The Bertz CT molecular complexity index is 751. The zero-order valence-electron chi connectivity index (χ0n) is 13.1. The summed E-state index contributed by atoms with van der Waals surface area (Å²) in [5, 5.41) is 12.6. The van der Waals surface area contributed by atoms with Gasteiger partial charge in [0, 0.05) is 26.2 Å². The Kier molecular flexibility index (Phi) is 4.38. The van der Waals surface area contributed by atoms with Crippen LogP contribution in [0.5, 0.6) is 0 Å². The minimum Gasteiger partial charge on any atom is -0.408 e. The molecule has 23 heavy (non-hydrogen) atoms. The van der Waals surface area contributed by atoms with Gasteiger partial charge in [0.2, 0.25) is 0 Å². The first-order valence-corrected chi connectivity index (χ1v) is 7.85. The van der Waals surface area contributed by atoms with Crippen LogP contribution in [0, 0.1) is 5.92 Å². The number of benzene rings is 1. The van der Waals surface area contributed by atoms with Gasteiger partial charge in [-0.2, -0.15) is 0 Å². The molecule has 2 heterocycles. The zero-order chi connectivity index (χ0) is 16.4. The molecule has 0 aliphatic carbocycles. The van der Waals surface area contributed by atoms with Crippen LogP contribution < -0.4 is 11.1 Å². The number of carbonyl (C=O) groups excluding carboxylic acids is 1. The van der Waals surface area contributed by atoms with Crippen LogP contribution in [0.15, 0.2) is 33.5 Å². The highest BCUT2D eigenvalue weighted by Crippen LogP contribution is 2.16. The number of nitrogens with zero attached hydrogens (tertiary/aromatic N) is 2. The molecule has 2 N–H and O–H groups in total. The second-order valence-corrected chi connectivity index (χ2v) is 6.00. The average Bonchev–Trinajstić information content (AvgIpc) is 2.86. The fourth-order valence-electron chi connectivity index (χ4n) is 2.85. The third kappa shape index (κ3) is 3.24. The molecule has 1 aromatic heterocycles. The van der Waals surface area contributed by atoms with Gasteiger partial charge in [-0.05, 0) is 24.5 Å². The predicted molar refractivity (Wildman–Crippen MR) is 85.2 cm³/mol. The first kappa shape index (κ1) is 15.6. The van der Waals surface area contributed by atoms with E-state index >= 15 is 0 Å². The van der Waals surface area contributed by atoms with E-state index in [1.54, 1.807) is 17.0 Å². The van der Waals surface area contributed by atoms with Gasteiger partial charge >= 0.3 is 11.8 Å². The lowest BCUT2D eigenvalue weighted by Crippen LogP contribution is -2.50. The van der Waals surface area contributed by atoms with Crippen molar-refractivity contribution in [2.75, 3.05) is 19.6 Å². The summed E-state index contributed by atoms with van der Waals surface area (Å²) in [5.41, 5.74) is 1.26. The lowest BCUT2D eigenvalue weighted by Gasteiger charge is -2.34. The summed E-state index contributed by atoms with van der Waals surface area (Å²) in [4.78, 5) is 25.6. The fraction of sp³-hybridized carbons (Fsp3) is 0.500. The van der Waals surface area contributed by atoms with Crippen molar-refractivity contribution in [2.45, 2.75) is 26.0 Å². The van der Waals surface area contributed by atoms with Crippen molar-refractivity contribution in [2.24, 2.45) is 5.92 Å². The number of aliphatic hydroxyl groups is 1. The quantitative estimate of drug-likeness (QED) is 0.884. The molecule has 124 valence electrons. The largest absolute Gasteiger partial charge is 0.420 e. The number of likely N-dealkylation sites (tertiary alicyclic amines) is 1.